The lowest BCUT2D eigenvalue weighted by atomic mass is 9.95. The van der Waals surface area contributed by atoms with Gasteiger partial charge in [0.05, 0.1) is 5.92 Å². The van der Waals surface area contributed by atoms with Gasteiger partial charge in [-0.05, 0) is 25.3 Å². The molecule has 0 aliphatic carbocycles. The Kier molecular flexibility index (Phi) is 5.72. The Hall–Kier alpha value is -0.570. The Labute approximate surface area is 74.0 Å². The first-order valence-electron chi connectivity index (χ1n) is 4.50. The molecule has 0 radical (unpaired) electrons. The maximum absolute atomic E-state index is 10.6. The normalized spacial score (nSPS) is 13.3. The third kappa shape index (κ3) is 5.13. The summed E-state index contributed by atoms with van der Waals surface area (Å²) in [6.07, 6.45) is 2.32. The minimum atomic E-state index is -0.707. The molecule has 0 bridgehead atoms. The van der Waals surface area contributed by atoms with Gasteiger partial charge < -0.3 is 10.8 Å². The van der Waals surface area contributed by atoms with Crippen molar-refractivity contribution in [2.24, 2.45) is 17.6 Å². The Balaban J connectivity index is 3.71. The fourth-order valence-corrected chi connectivity index (χ4v) is 1.13. The molecule has 12 heavy (non-hydrogen) atoms. The highest BCUT2D eigenvalue weighted by Crippen LogP contribution is 2.14. The number of carboxylic acid groups (broad SMARTS) is 1. The Bertz CT molecular complexity index is 134. The van der Waals surface area contributed by atoms with E-state index in [9.17, 15) is 4.79 Å². The van der Waals surface area contributed by atoms with Gasteiger partial charge >= 0.3 is 5.97 Å². The van der Waals surface area contributed by atoms with Gasteiger partial charge in [0.1, 0.15) is 0 Å². The minimum Gasteiger partial charge on any atom is -0.481 e. The molecule has 0 spiro atoms. The van der Waals surface area contributed by atoms with Crippen molar-refractivity contribution in [2.45, 2.75) is 33.1 Å². The van der Waals surface area contributed by atoms with Crippen molar-refractivity contribution < 1.29 is 9.90 Å². The average Bonchev–Trinajstić information content (AvgIpc) is 1.96. The predicted molar refractivity (Wildman–Crippen MR) is 48.9 cm³/mol. The second-order valence-corrected chi connectivity index (χ2v) is 3.58. The molecule has 1 atom stereocenters. The van der Waals surface area contributed by atoms with Gasteiger partial charge in [0, 0.05) is 0 Å². The van der Waals surface area contributed by atoms with E-state index in [1.807, 2.05) is 0 Å². The molecule has 0 aromatic carbocycles. The lowest BCUT2D eigenvalue weighted by Crippen LogP contribution is -2.18. The van der Waals surface area contributed by atoms with Crippen LogP contribution in [0.2, 0.25) is 0 Å². The number of aliphatic carboxylic acids is 1. The highest BCUT2D eigenvalue weighted by molar-refractivity contribution is 5.69. The highest BCUT2D eigenvalue weighted by Gasteiger charge is 2.16. The number of carbonyl (C=O) groups is 1. The largest absolute Gasteiger partial charge is 0.481 e. The molecule has 0 fully saturated rings. The molecule has 0 heterocycles. The number of carboxylic acids is 1. The van der Waals surface area contributed by atoms with E-state index in [1.165, 1.54) is 0 Å². The van der Waals surface area contributed by atoms with Crippen LogP contribution in [0.5, 0.6) is 0 Å². The van der Waals surface area contributed by atoms with E-state index in [4.69, 9.17) is 10.8 Å². The second kappa shape index (κ2) is 6.00. The standard InChI is InChI=1S/C9H19NO2/c1-7(2)3-4-8(5-6-10)9(11)12/h7-8H,3-6,10H2,1-2H3,(H,11,12). The highest BCUT2D eigenvalue weighted by atomic mass is 16.4. The number of hydrogen-bond acceptors (Lipinski definition) is 2. The van der Waals surface area contributed by atoms with Crippen molar-refractivity contribution in [2.75, 3.05) is 6.54 Å². The summed E-state index contributed by atoms with van der Waals surface area (Å²) in [5.74, 6) is -0.372. The van der Waals surface area contributed by atoms with Gasteiger partial charge in [0.25, 0.3) is 0 Å². The topological polar surface area (TPSA) is 63.3 Å². The first kappa shape index (κ1) is 11.4. The van der Waals surface area contributed by atoms with Gasteiger partial charge in [-0.3, -0.25) is 4.79 Å². The average molecular weight is 173 g/mol. The van der Waals surface area contributed by atoms with Crippen LogP contribution in [0.4, 0.5) is 0 Å². The van der Waals surface area contributed by atoms with Crippen molar-refractivity contribution in [1.82, 2.24) is 0 Å². The van der Waals surface area contributed by atoms with E-state index in [2.05, 4.69) is 13.8 Å². The van der Waals surface area contributed by atoms with E-state index in [1.54, 1.807) is 0 Å². The molecule has 1 unspecified atom stereocenters. The van der Waals surface area contributed by atoms with Crippen molar-refractivity contribution in [3.05, 3.63) is 0 Å². The molecule has 72 valence electrons. The van der Waals surface area contributed by atoms with E-state index in [0.717, 1.165) is 12.8 Å². The quantitative estimate of drug-likeness (QED) is 0.639. The summed E-state index contributed by atoms with van der Waals surface area (Å²) in [5, 5.41) is 8.76. The van der Waals surface area contributed by atoms with Crippen LogP contribution in [0.15, 0.2) is 0 Å². The molecule has 0 rings (SSSR count). The van der Waals surface area contributed by atoms with Crippen LogP contribution in [0.3, 0.4) is 0 Å². The second-order valence-electron chi connectivity index (χ2n) is 3.58. The van der Waals surface area contributed by atoms with E-state index < -0.39 is 5.97 Å². The Morgan fingerprint density at radius 1 is 1.33 bits per heavy atom. The van der Waals surface area contributed by atoms with Crippen LogP contribution in [0.1, 0.15) is 33.1 Å². The molecule has 0 saturated heterocycles. The molecule has 0 saturated carbocycles. The number of hydrogen-bond donors (Lipinski definition) is 2. The zero-order valence-corrected chi connectivity index (χ0v) is 7.92. The summed E-state index contributed by atoms with van der Waals surface area (Å²) in [4.78, 5) is 10.6. The van der Waals surface area contributed by atoms with Gasteiger partial charge in [-0.2, -0.15) is 0 Å². The van der Waals surface area contributed by atoms with Crippen molar-refractivity contribution in [3.8, 4) is 0 Å². The zero-order chi connectivity index (χ0) is 9.56. The van der Waals surface area contributed by atoms with Crippen LogP contribution >= 0.6 is 0 Å². The first-order chi connectivity index (χ1) is 5.57. The van der Waals surface area contributed by atoms with Gasteiger partial charge in [0.2, 0.25) is 0 Å². The number of rotatable bonds is 6. The smallest absolute Gasteiger partial charge is 0.306 e. The predicted octanol–water partition coefficient (Wildman–Crippen LogP) is 1.47. The summed E-state index contributed by atoms with van der Waals surface area (Å²) >= 11 is 0. The van der Waals surface area contributed by atoms with Crippen molar-refractivity contribution in [1.29, 1.82) is 0 Å². The number of nitrogens with two attached hydrogens (primary N) is 1. The van der Waals surface area contributed by atoms with Crippen LogP contribution in [-0.4, -0.2) is 17.6 Å². The third-order valence-electron chi connectivity index (χ3n) is 1.96. The summed E-state index contributed by atoms with van der Waals surface area (Å²) in [5.41, 5.74) is 5.31. The Morgan fingerprint density at radius 3 is 2.25 bits per heavy atom. The zero-order valence-electron chi connectivity index (χ0n) is 7.92. The van der Waals surface area contributed by atoms with Gasteiger partial charge in [0.15, 0.2) is 0 Å². The lowest BCUT2D eigenvalue weighted by molar-refractivity contribution is -0.142. The van der Waals surface area contributed by atoms with Crippen molar-refractivity contribution in [3.63, 3.8) is 0 Å². The molecule has 0 aliphatic heterocycles. The molecule has 3 nitrogen and oxygen atoms in total. The first-order valence-corrected chi connectivity index (χ1v) is 4.50. The van der Waals surface area contributed by atoms with Crippen molar-refractivity contribution >= 4 is 5.97 Å². The van der Waals surface area contributed by atoms with Gasteiger partial charge in [-0.15, -0.1) is 0 Å². The monoisotopic (exact) mass is 173 g/mol. The molecule has 0 aromatic heterocycles. The fraction of sp³-hybridized carbons (Fsp3) is 0.889. The molecule has 3 heteroatoms. The molecule has 0 aliphatic rings. The van der Waals surface area contributed by atoms with Crippen LogP contribution < -0.4 is 5.73 Å². The summed E-state index contributed by atoms with van der Waals surface area (Å²) in [6, 6.07) is 0. The summed E-state index contributed by atoms with van der Waals surface area (Å²) in [6.45, 7) is 4.66. The van der Waals surface area contributed by atoms with E-state index in [-0.39, 0.29) is 5.92 Å². The lowest BCUT2D eigenvalue weighted by Gasteiger charge is -2.11. The molecular weight excluding hydrogens is 154 g/mol. The van der Waals surface area contributed by atoms with E-state index in [0.29, 0.717) is 18.9 Å². The van der Waals surface area contributed by atoms with E-state index >= 15 is 0 Å². The molecule has 0 amide bonds. The van der Waals surface area contributed by atoms with Crippen LogP contribution in [-0.2, 0) is 4.79 Å². The summed E-state index contributed by atoms with van der Waals surface area (Å²) in [7, 11) is 0. The minimum absolute atomic E-state index is 0.239. The molecule has 0 aromatic rings. The van der Waals surface area contributed by atoms with Gasteiger partial charge in [-0.25, -0.2) is 0 Å². The molecular formula is C9H19NO2. The SMILES string of the molecule is CC(C)CCC(CCN)C(=O)O. The maximum atomic E-state index is 10.6. The third-order valence-corrected chi connectivity index (χ3v) is 1.96. The maximum Gasteiger partial charge on any atom is 0.306 e. The summed E-state index contributed by atoms with van der Waals surface area (Å²) < 4.78 is 0. The van der Waals surface area contributed by atoms with Crippen LogP contribution in [0, 0.1) is 11.8 Å². The molecule has 3 N–H and O–H groups in total. The Morgan fingerprint density at radius 2 is 1.92 bits per heavy atom. The fourth-order valence-electron chi connectivity index (χ4n) is 1.13. The van der Waals surface area contributed by atoms with Gasteiger partial charge in [-0.1, -0.05) is 20.3 Å². The van der Waals surface area contributed by atoms with Crippen LogP contribution in [0.25, 0.3) is 0 Å².